The molecule has 0 fully saturated rings. The standard InChI is InChI=1S/C58H39NO/c1-3-14-42(15-4-1)52-37-36-49(39-55(52)44-16-5-2-6-17-44)59(48-21-11-20-46(38-48)53-25-13-27-57-58(53)54-23-9-10-26-56(54)60-57)47-34-32-41(33-35-47)40-28-30-45(31-29-40)51-24-12-19-43-18-7-8-22-50(43)51/h1-39H. The first-order valence-corrected chi connectivity index (χ1v) is 20.5. The second kappa shape index (κ2) is 15.1. The van der Waals surface area contributed by atoms with Gasteiger partial charge in [0.1, 0.15) is 11.2 Å². The van der Waals surface area contributed by atoms with E-state index in [0.29, 0.717) is 0 Å². The molecule has 282 valence electrons. The Balaban J connectivity index is 1.03. The highest BCUT2D eigenvalue weighted by Gasteiger charge is 2.19. The van der Waals surface area contributed by atoms with Gasteiger partial charge in [-0.3, -0.25) is 0 Å². The number of para-hydroxylation sites is 1. The van der Waals surface area contributed by atoms with Crippen molar-refractivity contribution in [2.45, 2.75) is 0 Å². The minimum absolute atomic E-state index is 0.890. The molecule has 2 heteroatoms. The summed E-state index contributed by atoms with van der Waals surface area (Å²) in [5, 5.41) is 4.77. The van der Waals surface area contributed by atoms with Gasteiger partial charge in [-0.25, -0.2) is 0 Å². The van der Waals surface area contributed by atoms with Gasteiger partial charge in [0.25, 0.3) is 0 Å². The summed E-state index contributed by atoms with van der Waals surface area (Å²) in [6.07, 6.45) is 0. The Kier molecular flexibility index (Phi) is 8.87. The maximum absolute atomic E-state index is 6.32. The lowest BCUT2D eigenvalue weighted by molar-refractivity contribution is 0.669. The molecule has 0 aliphatic rings. The lowest BCUT2D eigenvalue weighted by Crippen LogP contribution is -2.10. The van der Waals surface area contributed by atoms with Gasteiger partial charge in [0, 0.05) is 27.8 Å². The maximum Gasteiger partial charge on any atom is 0.136 e. The van der Waals surface area contributed by atoms with Gasteiger partial charge in [0.05, 0.1) is 0 Å². The van der Waals surface area contributed by atoms with Crippen LogP contribution in [0.2, 0.25) is 0 Å². The quantitative estimate of drug-likeness (QED) is 0.153. The number of hydrogen-bond donors (Lipinski definition) is 0. The molecule has 0 unspecified atom stereocenters. The SMILES string of the molecule is c1ccc(-c2ccc(N(c3ccc(-c4ccc(-c5cccc6ccccc56)cc4)cc3)c3cccc(-c4cccc5oc6ccccc6c45)c3)cc2-c2ccccc2)cc1. The fourth-order valence-corrected chi connectivity index (χ4v) is 8.79. The van der Waals surface area contributed by atoms with Crippen LogP contribution in [0.25, 0.3) is 88.3 Å². The number of fused-ring (bicyclic) bond motifs is 4. The van der Waals surface area contributed by atoms with Crippen molar-refractivity contribution in [3.05, 3.63) is 237 Å². The summed E-state index contributed by atoms with van der Waals surface area (Å²) >= 11 is 0. The van der Waals surface area contributed by atoms with Crippen LogP contribution in [0.4, 0.5) is 17.1 Å². The van der Waals surface area contributed by atoms with Crippen LogP contribution in [0.1, 0.15) is 0 Å². The molecule has 0 saturated heterocycles. The molecule has 0 radical (unpaired) electrons. The minimum Gasteiger partial charge on any atom is -0.456 e. The average molecular weight is 766 g/mol. The Morgan fingerprint density at radius 2 is 0.783 bits per heavy atom. The van der Waals surface area contributed by atoms with E-state index >= 15 is 0 Å². The number of furan rings is 1. The third-order valence-electron chi connectivity index (χ3n) is 11.7. The Bertz CT molecular complexity index is 3290. The first kappa shape index (κ1) is 35.2. The number of nitrogens with zero attached hydrogens (tertiary/aromatic N) is 1. The van der Waals surface area contributed by atoms with Crippen LogP contribution in [-0.2, 0) is 0 Å². The van der Waals surface area contributed by atoms with Gasteiger partial charge in [-0.15, -0.1) is 0 Å². The molecular weight excluding hydrogens is 727 g/mol. The molecule has 2 nitrogen and oxygen atoms in total. The van der Waals surface area contributed by atoms with E-state index in [1.165, 1.54) is 55.3 Å². The van der Waals surface area contributed by atoms with Crippen molar-refractivity contribution in [3.8, 4) is 55.6 Å². The van der Waals surface area contributed by atoms with Gasteiger partial charge in [-0.2, -0.15) is 0 Å². The molecular formula is C58H39NO. The third kappa shape index (κ3) is 6.41. The van der Waals surface area contributed by atoms with Gasteiger partial charge in [0.2, 0.25) is 0 Å². The second-order valence-corrected chi connectivity index (χ2v) is 15.3. The molecule has 11 aromatic rings. The van der Waals surface area contributed by atoms with Crippen molar-refractivity contribution in [2.24, 2.45) is 0 Å². The third-order valence-corrected chi connectivity index (χ3v) is 11.7. The van der Waals surface area contributed by atoms with Gasteiger partial charge in [-0.1, -0.05) is 188 Å². The lowest BCUT2D eigenvalue weighted by atomic mass is 9.93. The van der Waals surface area contributed by atoms with Crippen LogP contribution in [0.3, 0.4) is 0 Å². The first-order chi connectivity index (χ1) is 29.7. The van der Waals surface area contributed by atoms with E-state index in [4.69, 9.17) is 4.42 Å². The maximum atomic E-state index is 6.32. The zero-order chi connectivity index (χ0) is 39.8. The van der Waals surface area contributed by atoms with Gasteiger partial charge < -0.3 is 9.32 Å². The number of rotatable bonds is 8. The van der Waals surface area contributed by atoms with Crippen LogP contribution in [0.5, 0.6) is 0 Å². The van der Waals surface area contributed by atoms with E-state index in [1.54, 1.807) is 0 Å². The molecule has 0 aliphatic carbocycles. The molecule has 0 atom stereocenters. The van der Waals surface area contributed by atoms with Crippen molar-refractivity contribution < 1.29 is 4.42 Å². The van der Waals surface area contributed by atoms with E-state index in [9.17, 15) is 0 Å². The Hall–Kier alpha value is -7.94. The smallest absolute Gasteiger partial charge is 0.136 e. The van der Waals surface area contributed by atoms with Crippen molar-refractivity contribution in [1.82, 2.24) is 0 Å². The summed E-state index contributed by atoms with van der Waals surface area (Å²) in [7, 11) is 0. The Labute approximate surface area is 349 Å². The number of benzene rings is 10. The predicted octanol–water partition coefficient (Wildman–Crippen LogP) is 16.5. The van der Waals surface area contributed by atoms with Crippen LogP contribution in [0.15, 0.2) is 241 Å². The Morgan fingerprint density at radius 1 is 0.267 bits per heavy atom. The predicted molar refractivity (Wildman–Crippen MR) is 253 cm³/mol. The molecule has 0 saturated carbocycles. The largest absolute Gasteiger partial charge is 0.456 e. The summed E-state index contributed by atoms with van der Waals surface area (Å²) in [6.45, 7) is 0. The molecule has 0 bridgehead atoms. The normalized spacial score (nSPS) is 11.3. The van der Waals surface area contributed by atoms with E-state index in [1.807, 2.05) is 12.1 Å². The van der Waals surface area contributed by atoms with Crippen molar-refractivity contribution in [3.63, 3.8) is 0 Å². The highest BCUT2D eigenvalue weighted by atomic mass is 16.3. The minimum atomic E-state index is 0.890. The van der Waals surface area contributed by atoms with Gasteiger partial charge >= 0.3 is 0 Å². The Morgan fingerprint density at radius 3 is 1.57 bits per heavy atom. The summed E-state index contributed by atoms with van der Waals surface area (Å²) in [5.41, 5.74) is 16.8. The van der Waals surface area contributed by atoms with E-state index in [0.717, 1.165) is 50.1 Å². The van der Waals surface area contributed by atoms with Gasteiger partial charge in [-0.05, 0) is 115 Å². The average Bonchev–Trinajstić information content (AvgIpc) is 3.72. The molecule has 11 rings (SSSR count). The van der Waals surface area contributed by atoms with Crippen LogP contribution < -0.4 is 4.90 Å². The molecule has 0 amide bonds. The second-order valence-electron chi connectivity index (χ2n) is 15.3. The zero-order valence-corrected chi connectivity index (χ0v) is 32.9. The molecule has 0 aliphatic heterocycles. The molecule has 0 spiro atoms. The van der Waals surface area contributed by atoms with Crippen molar-refractivity contribution in [1.29, 1.82) is 0 Å². The summed E-state index contributed by atoms with van der Waals surface area (Å²) in [5.74, 6) is 0. The molecule has 10 aromatic carbocycles. The number of anilines is 3. The van der Waals surface area contributed by atoms with Crippen LogP contribution >= 0.6 is 0 Å². The van der Waals surface area contributed by atoms with Crippen LogP contribution in [-0.4, -0.2) is 0 Å². The highest BCUT2D eigenvalue weighted by Crippen LogP contribution is 2.43. The van der Waals surface area contributed by atoms with Crippen molar-refractivity contribution >= 4 is 49.8 Å². The highest BCUT2D eigenvalue weighted by molar-refractivity contribution is 6.12. The zero-order valence-electron chi connectivity index (χ0n) is 32.9. The summed E-state index contributed by atoms with van der Waals surface area (Å²) < 4.78 is 6.32. The molecule has 1 heterocycles. The first-order valence-electron chi connectivity index (χ1n) is 20.5. The fraction of sp³-hybridized carbons (Fsp3) is 0. The lowest BCUT2D eigenvalue weighted by Gasteiger charge is -2.27. The van der Waals surface area contributed by atoms with E-state index in [-0.39, 0.29) is 0 Å². The summed E-state index contributed by atoms with van der Waals surface area (Å²) in [6, 6.07) is 84.9. The van der Waals surface area contributed by atoms with E-state index in [2.05, 4.69) is 229 Å². The topological polar surface area (TPSA) is 16.4 Å². The molecule has 0 N–H and O–H groups in total. The summed E-state index contributed by atoms with van der Waals surface area (Å²) in [4.78, 5) is 2.38. The number of hydrogen-bond acceptors (Lipinski definition) is 2. The monoisotopic (exact) mass is 765 g/mol. The van der Waals surface area contributed by atoms with Crippen molar-refractivity contribution in [2.75, 3.05) is 4.90 Å². The molecule has 60 heavy (non-hydrogen) atoms. The van der Waals surface area contributed by atoms with Crippen LogP contribution in [0, 0.1) is 0 Å². The van der Waals surface area contributed by atoms with E-state index < -0.39 is 0 Å². The fourth-order valence-electron chi connectivity index (χ4n) is 8.79. The molecule has 1 aromatic heterocycles. The van der Waals surface area contributed by atoms with Gasteiger partial charge in [0.15, 0.2) is 0 Å².